The van der Waals surface area contributed by atoms with Crippen LogP contribution >= 0.6 is 11.3 Å². The molecule has 0 aromatic carbocycles. The van der Waals surface area contributed by atoms with Crippen LogP contribution in [-0.2, 0) is 10.2 Å². The molecular formula is C11H21BN4O4S2. The normalized spacial score (nSPS) is 26.3. The molecule has 1 aromatic heterocycles. The predicted molar refractivity (Wildman–Crippen MR) is 86.5 cm³/mol. The smallest absolute Gasteiger partial charge is 0.427 e. The van der Waals surface area contributed by atoms with E-state index in [1.807, 2.05) is 6.92 Å². The molecule has 8 nitrogen and oxygen atoms in total. The molecule has 0 saturated carbocycles. The van der Waals surface area contributed by atoms with Crippen molar-refractivity contribution in [2.45, 2.75) is 31.6 Å². The van der Waals surface area contributed by atoms with E-state index >= 15 is 0 Å². The van der Waals surface area contributed by atoms with Crippen LogP contribution in [0, 0.1) is 5.92 Å². The number of hydrogen-bond acceptors (Lipinski definition) is 7. The Morgan fingerprint density at radius 2 is 2.36 bits per heavy atom. The quantitative estimate of drug-likeness (QED) is 0.501. The van der Waals surface area contributed by atoms with Crippen molar-refractivity contribution in [1.82, 2.24) is 9.29 Å². The van der Waals surface area contributed by atoms with Crippen LogP contribution in [0.2, 0.25) is 6.32 Å². The monoisotopic (exact) mass is 348 g/mol. The molecule has 0 spiro atoms. The molecule has 1 saturated heterocycles. The van der Waals surface area contributed by atoms with E-state index in [0.29, 0.717) is 24.5 Å². The highest BCUT2D eigenvalue weighted by atomic mass is 32.2. The van der Waals surface area contributed by atoms with Crippen LogP contribution < -0.4 is 10.5 Å². The largest absolute Gasteiger partial charge is 0.451 e. The summed E-state index contributed by atoms with van der Waals surface area (Å²) in [5, 5.41) is 19.8. The maximum Gasteiger partial charge on any atom is 0.451 e. The average molecular weight is 348 g/mol. The van der Waals surface area contributed by atoms with E-state index in [9.17, 15) is 8.42 Å². The van der Waals surface area contributed by atoms with Gasteiger partial charge in [0.15, 0.2) is 5.13 Å². The first kappa shape index (κ1) is 17.6. The van der Waals surface area contributed by atoms with Crippen LogP contribution in [0.3, 0.4) is 0 Å². The summed E-state index contributed by atoms with van der Waals surface area (Å²) in [6.45, 7) is 2.36. The fraction of sp³-hybridized carbons (Fsp3) is 0.727. The maximum atomic E-state index is 12.4. The molecule has 0 amide bonds. The van der Waals surface area contributed by atoms with Crippen LogP contribution in [-0.4, -0.2) is 53.5 Å². The van der Waals surface area contributed by atoms with Crippen molar-refractivity contribution >= 4 is 33.8 Å². The summed E-state index contributed by atoms with van der Waals surface area (Å²) in [5.74, 6) is -0.0286. The van der Waals surface area contributed by atoms with Crippen molar-refractivity contribution in [3.8, 4) is 0 Å². The van der Waals surface area contributed by atoms with Crippen LogP contribution in [0.4, 0.5) is 5.13 Å². The minimum absolute atomic E-state index is 0.0286. The van der Waals surface area contributed by atoms with Crippen molar-refractivity contribution in [3.63, 3.8) is 0 Å². The molecule has 2 rings (SSSR count). The van der Waals surface area contributed by atoms with Gasteiger partial charge in [0.2, 0.25) is 0 Å². The second kappa shape index (κ2) is 6.81. The summed E-state index contributed by atoms with van der Waals surface area (Å²) in [5.41, 5.74) is 5.59. The summed E-state index contributed by atoms with van der Waals surface area (Å²) in [6, 6.07) is 0. The van der Waals surface area contributed by atoms with E-state index in [1.165, 1.54) is 21.8 Å². The van der Waals surface area contributed by atoms with Gasteiger partial charge in [-0.15, -0.1) is 11.3 Å². The second-order valence-corrected chi connectivity index (χ2v) is 8.42. The van der Waals surface area contributed by atoms with Crippen LogP contribution in [0.5, 0.6) is 0 Å². The van der Waals surface area contributed by atoms with Crippen molar-refractivity contribution in [2.24, 2.45) is 11.7 Å². The SMILES string of the molecule is C[C@]1(N)CN(S(=O)(=O)Nc2nccs2)C[C@@H]1CCCB(O)O. The van der Waals surface area contributed by atoms with Gasteiger partial charge in [0.05, 0.1) is 0 Å². The average Bonchev–Trinajstić information content (AvgIpc) is 2.97. The topological polar surface area (TPSA) is 129 Å². The first-order valence-corrected chi connectivity index (χ1v) is 9.35. The minimum atomic E-state index is -3.68. The molecule has 0 bridgehead atoms. The Bertz CT molecular complexity index is 579. The zero-order valence-electron chi connectivity index (χ0n) is 12.3. The lowest BCUT2D eigenvalue weighted by Gasteiger charge is -2.25. The highest BCUT2D eigenvalue weighted by Crippen LogP contribution is 2.31. The van der Waals surface area contributed by atoms with Gasteiger partial charge >= 0.3 is 17.3 Å². The number of hydrogen-bond donors (Lipinski definition) is 4. The highest BCUT2D eigenvalue weighted by Gasteiger charge is 2.44. The van der Waals surface area contributed by atoms with Crippen LogP contribution in [0.25, 0.3) is 0 Å². The van der Waals surface area contributed by atoms with Crippen molar-refractivity contribution in [1.29, 1.82) is 0 Å². The third-order valence-electron chi connectivity index (χ3n) is 3.88. The van der Waals surface area contributed by atoms with Gasteiger partial charge in [-0.2, -0.15) is 12.7 Å². The molecule has 0 aliphatic carbocycles. The number of nitrogens with one attached hydrogen (secondary N) is 1. The molecule has 0 unspecified atom stereocenters. The fourth-order valence-electron chi connectivity index (χ4n) is 2.63. The number of thiazole rings is 1. The number of anilines is 1. The molecule has 11 heteroatoms. The summed E-state index contributed by atoms with van der Waals surface area (Å²) < 4.78 is 28.5. The molecule has 1 aliphatic heterocycles. The molecule has 22 heavy (non-hydrogen) atoms. The van der Waals surface area contributed by atoms with Crippen molar-refractivity contribution < 1.29 is 18.5 Å². The molecule has 5 N–H and O–H groups in total. The summed E-state index contributed by atoms with van der Waals surface area (Å²) in [6.07, 6.45) is 3.02. The molecular weight excluding hydrogens is 327 g/mol. The van der Waals surface area contributed by atoms with Gasteiger partial charge in [-0.05, 0) is 25.6 Å². The lowest BCUT2D eigenvalue weighted by atomic mass is 9.79. The van der Waals surface area contributed by atoms with Gasteiger partial charge in [-0.25, -0.2) is 9.71 Å². The lowest BCUT2D eigenvalue weighted by Crippen LogP contribution is -2.45. The van der Waals surface area contributed by atoms with E-state index in [4.69, 9.17) is 15.8 Å². The Morgan fingerprint density at radius 1 is 1.64 bits per heavy atom. The van der Waals surface area contributed by atoms with E-state index in [-0.39, 0.29) is 18.8 Å². The Hall–Kier alpha value is -0.715. The van der Waals surface area contributed by atoms with Gasteiger partial charge in [0, 0.05) is 30.2 Å². The Morgan fingerprint density at radius 3 is 2.95 bits per heavy atom. The zero-order chi connectivity index (χ0) is 16.4. The molecule has 1 aliphatic rings. The molecule has 2 atom stereocenters. The molecule has 0 radical (unpaired) electrons. The van der Waals surface area contributed by atoms with E-state index < -0.39 is 22.9 Å². The predicted octanol–water partition coefficient (Wildman–Crippen LogP) is -0.298. The highest BCUT2D eigenvalue weighted by molar-refractivity contribution is 7.90. The van der Waals surface area contributed by atoms with Gasteiger partial charge in [0.1, 0.15) is 0 Å². The third-order valence-corrected chi connectivity index (χ3v) is 6.10. The van der Waals surface area contributed by atoms with Crippen LogP contribution in [0.15, 0.2) is 11.6 Å². The Kier molecular flexibility index (Phi) is 5.46. The Labute approximate surface area is 134 Å². The second-order valence-electron chi connectivity index (χ2n) is 5.85. The molecule has 1 fully saturated rings. The standard InChI is InChI=1S/C11H21BN4O4S2/c1-11(13)8-16(7-9(11)3-2-4-12(17)18)22(19,20)15-10-14-5-6-21-10/h5-6,9,17-18H,2-4,7-8,13H2,1H3,(H,14,15)/t9-,11-/m0/s1. The molecule has 1 aromatic rings. The van der Waals surface area contributed by atoms with Crippen LogP contribution in [0.1, 0.15) is 19.8 Å². The fourth-order valence-corrected chi connectivity index (χ4v) is 4.74. The minimum Gasteiger partial charge on any atom is -0.427 e. The van der Waals surface area contributed by atoms with Crippen molar-refractivity contribution in [2.75, 3.05) is 17.8 Å². The number of nitrogens with two attached hydrogens (primary N) is 1. The number of rotatable bonds is 7. The summed E-state index contributed by atoms with van der Waals surface area (Å²) in [7, 11) is -5.01. The maximum absolute atomic E-state index is 12.4. The molecule has 124 valence electrons. The van der Waals surface area contributed by atoms with E-state index in [0.717, 1.165) is 0 Å². The first-order chi connectivity index (χ1) is 10.2. The van der Waals surface area contributed by atoms with E-state index in [1.54, 1.807) is 5.38 Å². The zero-order valence-corrected chi connectivity index (χ0v) is 14.0. The van der Waals surface area contributed by atoms with Gasteiger partial charge in [-0.1, -0.05) is 6.42 Å². The summed E-state index contributed by atoms with van der Waals surface area (Å²) >= 11 is 1.21. The van der Waals surface area contributed by atoms with Gasteiger partial charge < -0.3 is 15.8 Å². The number of aromatic nitrogens is 1. The number of nitrogens with zero attached hydrogens (tertiary/aromatic N) is 2. The Balaban J connectivity index is 1.98. The van der Waals surface area contributed by atoms with E-state index in [2.05, 4.69) is 9.71 Å². The van der Waals surface area contributed by atoms with Crippen molar-refractivity contribution in [3.05, 3.63) is 11.6 Å². The lowest BCUT2D eigenvalue weighted by molar-refractivity contribution is 0.343. The van der Waals surface area contributed by atoms with Gasteiger partial charge in [-0.3, -0.25) is 0 Å². The first-order valence-electron chi connectivity index (χ1n) is 7.03. The summed E-state index contributed by atoms with van der Waals surface area (Å²) in [4.78, 5) is 3.91. The third kappa shape index (κ3) is 4.40. The molecule has 2 heterocycles. The van der Waals surface area contributed by atoms with Gasteiger partial charge in [0.25, 0.3) is 0 Å².